The van der Waals surface area contributed by atoms with Gasteiger partial charge in [0.05, 0.1) is 0 Å². The lowest BCUT2D eigenvalue weighted by Gasteiger charge is -2.32. The van der Waals surface area contributed by atoms with Crippen molar-refractivity contribution in [2.45, 2.75) is 33.1 Å². The summed E-state index contributed by atoms with van der Waals surface area (Å²) in [5.74, 6) is 1.58. The summed E-state index contributed by atoms with van der Waals surface area (Å²) in [6, 6.07) is 15.8. The third kappa shape index (κ3) is 4.47. The SMILES string of the molecule is Cc1ccccc1NC(=O)N1CCC[C@H](Cc2nc(-c3ccccc3C)no2)C1. The fourth-order valence-electron chi connectivity index (χ4n) is 3.84. The second-order valence-electron chi connectivity index (χ2n) is 7.73. The van der Waals surface area contributed by atoms with E-state index >= 15 is 0 Å². The van der Waals surface area contributed by atoms with Gasteiger partial charge in [-0.25, -0.2) is 4.79 Å². The fourth-order valence-corrected chi connectivity index (χ4v) is 3.84. The molecule has 0 aliphatic carbocycles. The maximum absolute atomic E-state index is 12.7. The van der Waals surface area contributed by atoms with Gasteiger partial charge in [0.1, 0.15) is 0 Å². The van der Waals surface area contributed by atoms with Crippen LogP contribution in [0, 0.1) is 19.8 Å². The van der Waals surface area contributed by atoms with Gasteiger partial charge in [-0.1, -0.05) is 47.6 Å². The van der Waals surface area contributed by atoms with Gasteiger partial charge in [0.15, 0.2) is 0 Å². The number of urea groups is 1. The second kappa shape index (κ2) is 8.47. The van der Waals surface area contributed by atoms with E-state index in [1.165, 1.54) is 0 Å². The van der Waals surface area contributed by atoms with Gasteiger partial charge in [-0.2, -0.15) is 4.98 Å². The molecule has 2 aromatic carbocycles. The lowest BCUT2D eigenvalue weighted by atomic mass is 9.95. The number of rotatable bonds is 4. The van der Waals surface area contributed by atoms with Crippen molar-refractivity contribution in [3.8, 4) is 11.4 Å². The number of hydrogen-bond acceptors (Lipinski definition) is 4. The summed E-state index contributed by atoms with van der Waals surface area (Å²) >= 11 is 0. The predicted octanol–water partition coefficient (Wildman–Crippen LogP) is 4.84. The van der Waals surface area contributed by atoms with Crippen LogP contribution in [0.4, 0.5) is 10.5 Å². The summed E-state index contributed by atoms with van der Waals surface area (Å²) in [6.45, 7) is 5.50. The maximum Gasteiger partial charge on any atom is 0.321 e. The second-order valence-corrected chi connectivity index (χ2v) is 7.73. The van der Waals surface area contributed by atoms with E-state index in [1.54, 1.807) is 0 Å². The van der Waals surface area contributed by atoms with Crippen molar-refractivity contribution >= 4 is 11.7 Å². The average molecular weight is 390 g/mol. The molecule has 1 aliphatic rings. The van der Waals surface area contributed by atoms with E-state index in [0.717, 1.165) is 41.8 Å². The van der Waals surface area contributed by atoms with Crippen LogP contribution in [-0.2, 0) is 6.42 Å². The number of hydrogen-bond donors (Lipinski definition) is 1. The van der Waals surface area contributed by atoms with Crippen LogP contribution < -0.4 is 5.32 Å². The van der Waals surface area contributed by atoms with E-state index in [-0.39, 0.29) is 6.03 Å². The molecule has 0 spiro atoms. The molecule has 29 heavy (non-hydrogen) atoms. The Bertz CT molecular complexity index is 998. The molecule has 2 heterocycles. The Hall–Kier alpha value is -3.15. The van der Waals surface area contributed by atoms with Crippen molar-refractivity contribution < 1.29 is 9.32 Å². The number of amides is 2. The molecule has 6 heteroatoms. The number of nitrogens with one attached hydrogen (secondary N) is 1. The monoisotopic (exact) mass is 390 g/mol. The zero-order valence-corrected chi connectivity index (χ0v) is 16.9. The maximum atomic E-state index is 12.7. The standard InChI is InChI=1S/C23H26N4O2/c1-16-8-3-5-11-19(16)22-25-21(29-26-22)14-18-10-7-13-27(15-18)23(28)24-20-12-6-4-9-17(20)2/h3-6,8-9,11-12,18H,7,10,13-15H2,1-2H3,(H,24,28)/t18-/m1/s1. The van der Waals surface area contributed by atoms with Gasteiger partial charge in [0.25, 0.3) is 0 Å². The van der Waals surface area contributed by atoms with Crippen molar-refractivity contribution in [2.75, 3.05) is 18.4 Å². The lowest BCUT2D eigenvalue weighted by Crippen LogP contribution is -2.42. The predicted molar refractivity (Wildman–Crippen MR) is 113 cm³/mol. The molecule has 0 bridgehead atoms. The summed E-state index contributed by atoms with van der Waals surface area (Å²) < 4.78 is 5.50. The van der Waals surface area contributed by atoms with Gasteiger partial charge in [0.2, 0.25) is 11.7 Å². The van der Waals surface area contributed by atoms with E-state index in [2.05, 4.69) is 15.5 Å². The Kier molecular flexibility index (Phi) is 5.60. The van der Waals surface area contributed by atoms with Gasteiger partial charge in [0, 0.05) is 30.8 Å². The zero-order valence-electron chi connectivity index (χ0n) is 16.9. The van der Waals surface area contributed by atoms with Crippen LogP contribution in [0.5, 0.6) is 0 Å². The summed E-state index contributed by atoms with van der Waals surface area (Å²) in [4.78, 5) is 19.2. The number of para-hydroxylation sites is 1. The summed E-state index contributed by atoms with van der Waals surface area (Å²) in [5, 5.41) is 7.19. The molecule has 0 unspecified atom stereocenters. The first kappa shape index (κ1) is 19.2. The van der Waals surface area contributed by atoms with Crippen molar-refractivity contribution in [2.24, 2.45) is 5.92 Å². The van der Waals surface area contributed by atoms with Crippen molar-refractivity contribution in [3.63, 3.8) is 0 Å². The van der Waals surface area contributed by atoms with Crippen molar-refractivity contribution in [1.82, 2.24) is 15.0 Å². The van der Waals surface area contributed by atoms with Crippen LogP contribution in [0.15, 0.2) is 53.1 Å². The lowest BCUT2D eigenvalue weighted by molar-refractivity contribution is 0.173. The number of carbonyl (C=O) groups excluding carboxylic acids is 1. The Morgan fingerprint density at radius 3 is 2.69 bits per heavy atom. The van der Waals surface area contributed by atoms with Gasteiger partial charge in [-0.15, -0.1) is 0 Å². The average Bonchev–Trinajstić information content (AvgIpc) is 3.18. The molecule has 0 saturated carbocycles. The molecule has 1 atom stereocenters. The van der Waals surface area contributed by atoms with Gasteiger partial charge in [-0.3, -0.25) is 0 Å². The number of anilines is 1. The quantitative estimate of drug-likeness (QED) is 0.692. The highest BCUT2D eigenvalue weighted by atomic mass is 16.5. The Morgan fingerprint density at radius 1 is 1.14 bits per heavy atom. The highest BCUT2D eigenvalue weighted by Gasteiger charge is 2.26. The summed E-state index contributed by atoms with van der Waals surface area (Å²) in [6.07, 6.45) is 2.72. The Labute approximate surface area is 170 Å². The molecule has 1 aliphatic heterocycles. The molecule has 1 fully saturated rings. The van der Waals surface area contributed by atoms with E-state index < -0.39 is 0 Å². The molecule has 2 amide bonds. The van der Waals surface area contributed by atoms with E-state index in [4.69, 9.17) is 4.52 Å². The molecule has 6 nitrogen and oxygen atoms in total. The molecule has 1 saturated heterocycles. The molecule has 3 aromatic rings. The number of nitrogens with zero attached hydrogens (tertiary/aromatic N) is 3. The third-order valence-corrected chi connectivity index (χ3v) is 5.51. The molecule has 4 rings (SSSR count). The number of aromatic nitrogens is 2. The van der Waals surface area contributed by atoms with Crippen LogP contribution in [0.25, 0.3) is 11.4 Å². The number of likely N-dealkylation sites (tertiary alicyclic amines) is 1. The molecule has 0 radical (unpaired) electrons. The zero-order chi connectivity index (χ0) is 20.2. The first-order valence-electron chi connectivity index (χ1n) is 10.1. The minimum atomic E-state index is -0.0462. The highest BCUT2D eigenvalue weighted by Crippen LogP contribution is 2.24. The number of benzene rings is 2. The Morgan fingerprint density at radius 2 is 1.90 bits per heavy atom. The molecule has 150 valence electrons. The van der Waals surface area contributed by atoms with Gasteiger partial charge >= 0.3 is 6.03 Å². The minimum absolute atomic E-state index is 0.0462. The van der Waals surface area contributed by atoms with Crippen LogP contribution >= 0.6 is 0 Å². The van der Waals surface area contributed by atoms with Crippen LogP contribution in [-0.4, -0.2) is 34.2 Å². The van der Waals surface area contributed by atoms with Crippen LogP contribution in [0.3, 0.4) is 0 Å². The van der Waals surface area contributed by atoms with E-state index in [1.807, 2.05) is 67.3 Å². The van der Waals surface area contributed by atoms with Crippen LogP contribution in [0.1, 0.15) is 29.9 Å². The largest absolute Gasteiger partial charge is 0.339 e. The molecule has 1 N–H and O–H groups in total. The fraction of sp³-hybridized carbons (Fsp3) is 0.348. The minimum Gasteiger partial charge on any atom is -0.339 e. The van der Waals surface area contributed by atoms with E-state index in [9.17, 15) is 4.79 Å². The van der Waals surface area contributed by atoms with Crippen molar-refractivity contribution in [1.29, 1.82) is 0 Å². The smallest absolute Gasteiger partial charge is 0.321 e. The van der Waals surface area contributed by atoms with E-state index in [0.29, 0.717) is 30.6 Å². The highest BCUT2D eigenvalue weighted by molar-refractivity contribution is 5.90. The molecular formula is C23H26N4O2. The number of carbonyl (C=O) groups is 1. The number of piperidine rings is 1. The van der Waals surface area contributed by atoms with Crippen LogP contribution in [0.2, 0.25) is 0 Å². The first-order chi connectivity index (χ1) is 14.1. The number of aryl methyl sites for hydroxylation is 2. The summed E-state index contributed by atoms with van der Waals surface area (Å²) in [7, 11) is 0. The van der Waals surface area contributed by atoms with Crippen molar-refractivity contribution in [3.05, 3.63) is 65.5 Å². The first-order valence-corrected chi connectivity index (χ1v) is 10.1. The third-order valence-electron chi connectivity index (χ3n) is 5.51. The Balaban J connectivity index is 1.39. The van der Waals surface area contributed by atoms with Gasteiger partial charge in [-0.05, 0) is 49.8 Å². The molecular weight excluding hydrogens is 364 g/mol. The van der Waals surface area contributed by atoms with Gasteiger partial charge < -0.3 is 14.7 Å². The topological polar surface area (TPSA) is 71.3 Å². The normalized spacial score (nSPS) is 16.6. The summed E-state index contributed by atoms with van der Waals surface area (Å²) in [5.41, 5.74) is 4.03. The molecule has 1 aromatic heterocycles.